The van der Waals surface area contributed by atoms with E-state index in [1.807, 2.05) is 58.0 Å². The minimum absolute atomic E-state index is 0.00909. The number of allylic oxidation sites excluding steroid dienone is 2. The molecule has 2 aliphatic carbocycles. The Bertz CT molecular complexity index is 2790. The maximum absolute atomic E-state index is 14.1. The highest BCUT2D eigenvalue weighted by Crippen LogP contribution is 2.53. The number of carbonyl (C=O) groups excluding carboxylic acids is 6. The van der Waals surface area contributed by atoms with Gasteiger partial charge in [0.1, 0.15) is 11.8 Å². The molecule has 2 aliphatic heterocycles. The predicted octanol–water partition coefficient (Wildman–Crippen LogP) is 6.95. The van der Waals surface area contributed by atoms with Gasteiger partial charge in [-0.15, -0.1) is 11.3 Å². The molecule has 0 spiro atoms. The van der Waals surface area contributed by atoms with Crippen LogP contribution in [0.2, 0.25) is 0 Å². The fourth-order valence-electron chi connectivity index (χ4n) is 10.4. The van der Waals surface area contributed by atoms with Gasteiger partial charge in [-0.3, -0.25) is 38.7 Å². The van der Waals surface area contributed by atoms with Crippen LogP contribution in [-0.2, 0) is 35.3 Å². The van der Waals surface area contributed by atoms with E-state index in [4.69, 9.17) is 4.74 Å². The second kappa shape index (κ2) is 19.9. The molecule has 4 N–H and O–H groups in total. The Morgan fingerprint density at radius 2 is 1.61 bits per heavy atom. The van der Waals surface area contributed by atoms with Crippen molar-refractivity contribution >= 4 is 74.6 Å². The quantitative estimate of drug-likeness (QED) is 0.0427. The number of β-amino-alcohol motifs (C(OH)–C–C–N with tert-alkyl or cyclic N) is 1. The largest absolute Gasteiger partial charge is 0.391 e. The number of thiazole rings is 1. The van der Waals surface area contributed by atoms with E-state index in [1.54, 1.807) is 65.5 Å². The third-order valence-electron chi connectivity index (χ3n) is 14.0. The number of imide groups is 1. The number of anilines is 3. The number of aromatic nitrogens is 2. The van der Waals surface area contributed by atoms with Crippen molar-refractivity contribution < 1.29 is 38.6 Å². The van der Waals surface area contributed by atoms with Crippen LogP contribution in [-0.4, -0.2) is 93.7 Å². The molecule has 16 heteroatoms. The molecule has 5 aromatic rings. The number of ketones is 1. The van der Waals surface area contributed by atoms with E-state index in [1.165, 1.54) is 9.80 Å². The van der Waals surface area contributed by atoms with Gasteiger partial charge in [-0.1, -0.05) is 57.2 Å². The molecule has 5 amide bonds. The van der Waals surface area contributed by atoms with Crippen LogP contribution in [0.1, 0.15) is 68.1 Å². The number of likely N-dealkylation sites (tertiary alicyclic amines) is 1. The van der Waals surface area contributed by atoms with Crippen LogP contribution in [0.5, 0.6) is 0 Å². The van der Waals surface area contributed by atoms with Crippen molar-refractivity contribution in [1.82, 2.24) is 20.2 Å². The summed E-state index contributed by atoms with van der Waals surface area (Å²) in [6, 6.07) is 20.6. The van der Waals surface area contributed by atoms with Gasteiger partial charge in [0.25, 0.3) is 5.91 Å². The van der Waals surface area contributed by atoms with E-state index in [-0.39, 0.29) is 85.5 Å². The Hall–Kier alpha value is -6.46. The van der Waals surface area contributed by atoms with Gasteiger partial charge in [0.05, 0.1) is 64.1 Å². The van der Waals surface area contributed by atoms with Crippen LogP contribution in [0.15, 0.2) is 96.7 Å². The van der Waals surface area contributed by atoms with Gasteiger partial charge in [0, 0.05) is 67.6 Å². The van der Waals surface area contributed by atoms with Crippen molar-refractivity contribution in [3.05, 3.63) is 113 Å². The molecule has 2 saturated heterocycles. The van der Waals surface area contributed by atoms with Crippen molar-refractivity contribution in [2.75, 3.05) is 41.8 Å². The highest BCUT2D eigenvalue weighted by Gasteiger charge is 2.59. The number of fused-ring (bicyclic) bond motifs is 6. The first kappa shape index (κ1) is 47.6. The van der Waals surface area contributed by atoms with Gasteiger partial charge < -0.3 is 30.7 Å². The Morgan fingerprint density at radius 1 is 0.884 bits per heavy atom. The molecule has 2 aromatic heterocycles. The zero-order chi connectivity index (χ0) is 48.6. The standard InChI is InChI=1S/C53H57N7O8S/c1-30-47(69-29-56-30)31-10-14-36(15-11-31)57-49(64)43-26-39(62)28-59(43)50(65)41(53(2,3)4)25-38(61)19-22-68-23-21-54-27-35-18-20-55-46-40(35)6-5-7-42(46)58-48(63)32-12-16-37(17-13-32)60-51(66)44-33-8-9-34(24-33)45(44)52(60)67/h5-18,20,29,33-34,39,41,43-45,54,62H,19,21-28H2,1-4H3,(H,57,64)(H,58,63)/t33-,34?,39+,41+,43-,44-,45+/m0/s1. The third kappa shape index (κ3) is 9.89. The fraction of sp³-hybridized carbons (Fsp3) is 0.396. The van der Waals surface area contributed by atoms with Gasteiger partial charge in [0.15, 0.2) is 0 Å². The van der Waals surface area contributed by atoms with Crippen molar-refractivity contribution in [2.24, 2.45) is 35.0 Å². The van der Waals surface area contributed by atoms with Gasteiger partial charge in [0.2, 0.25) is 23.6 Å². The van der Waals surface area contributed by atoms with Crippen molar-refractivity contribution in [2.45, 2.75) is 72.1 Å². The summed E-state index contributed by atoms with van der Waals surface area (Å²) >= 11 is 1.54. The summed E-state index contributed by atoms with van der Waals surface area (Å²) in [5.74, 6) is -2.59. The van der Waals surface area contributed by atoms with Crippen molar-refractivity contribution in [3.8, 4) is 10.4 Å². The molecule has 4 aliphatic rings. The zero-order valence-electron chi connectivity index (χ0n) is 39.1. The number of nitrogens with zero attached hydrogens (tertiary/aromatic N) is 4. The molecule has 9 rings (SSSR count). The Kier molecular flexibility index (Phi) is 13.7. The van der Waals surface area contributed by atoms with Gasteiger partial charge >= 0.3 is 0 Å². The number of benzene rings is 3. The maximum Gasteiger partial charge on any atom is 0.255 e. The number of aliphatic hydroxyl groups is 1. The van der Waals surface area contributed by atoms with Crippen LogP contribution in [0.3, 0.4) is 0 Å². The summed E-state index contributed by atoms with van der Waals surface area (Å²) in [6.07, 6.45) is 6.02. The number of rotatable bonds is 17. The normalized spacial score (nSPS) is 22.1. The zero-order valence-corrected chi connectivity index (χ0v) is 40.0. The number of para-hydroxylation sites is 1. The van der Waals surface area contributed by atoms with Gasteiger partial charge in [-0.05, 0) is 90.3 Å². The SMILES string of the molecule is Cc1ncsc1-c1ccc(NC(=O)[C@@H]2C[C@@H](O)CN2C(=O)[C@@H](CC(=O)CCOCCNCc2ccnc3c(NC(=O)c4ccc(N5C(=O)[C@@H]6[C@H](C5=O)C5C=C[C@H]6C5)cc4)cccc23)C(C)(C)C)cc1. The topological polar surface area (TPSA) is 200 Å². The number of Topliss-reactive ketones (excluding diaryl/α,β-unsaturated/α-hetero) is 1. The fourth-order valence-corrected chi connectivity index (χ4v) is 11.2. The average Bonchev–Trinajstić information content (AvgIpc) is 4.18. The van der Waals surface area contributed by atoms with Gasteiger partial charge in [-0.2, -0.15) is 0 Å². The number of pyridine rings is 1. The lowest BCUT2D eigenvalue weighted by atomic mass is 9.76. The van der Waals surface area contributed by atoms with Crippen LogP contribution in [0, 0.1) is 41.9 Å². The monoisotopic (exact) mass is 951 g/mol. The summed E-state index contributed by atoms with van der Waals surface area (Å²) in [5.41, 5.74) is 6.66. The average molecular weight is 952 g/mol. The molecule has 7 atom stereocenters. The van der Waals surface area contributed by atoms with E-state index in [0.717, 1.165) is 33.5 Å². The van der Waals surface area contributed by atoms with E-state index in [0.29, 0.717) is 47.8 Å². The molecule has 2 bridgehead atoms. The predicted molar refractivity (Wildman–Crippen MR) is 263 cm³/mol. The highest BCUT2D eigenvalue weighted by molar-refractivity contribution is 7.13. The summed E-state index contributed by atoms with van der Waals surface area (Å²) in [7, 11) is 0. The van der Waals surface area contributed by atoms with Crippen molar-refractivity contribution in [3.63, 3.8) is 0 Å². The minimum atomic E-state index is -0.882. The number of ether oxygens (including phenoxy) is 1. The molecule has 3 fully saturated rings. The number of hydrogen-bond donors (Lipinski definition) is 4. The molecule has 69 heavy (non-hydrogen) atoms. The number of carbonyl (C=O) groups is 6. The van der Waals surface area contributed by atoms with E-state index in [2.05, 4.69) is 38.1 Å². The summed E-state index contributed by atoms with van der Waals surface area (Å²) in [6.45, 7) is 9.16. The summed E-state index contributed by atoms with van der Waals surface area (Å²) < 4.78 is 5.82. The molecule has 3 aromatic carbocycles. The molecule has 1 unspecified atom stereocenters. The Morgan fingerprint density at radius 3 is 2.29 bits per heavy atom. The lowest BCUT2D eigenvalue weighted by molar-refractivity contribution is -0.145. The lowest BCUT2D eigenvalue weighted by Gasteiger charge is -2.34. The number of hydrogen-bond acceptors (Lipinski definition) is 12. The second-order valence-corrected chi connectivity index (χ2v) is 20.5. The lowest BCUT2D eigenvalue weighted by Crippen LogP contribution is -2.48. The maximum atomic E-state index is 14.1. The van der Waals surface area contributed by atoms with E-state index >= 15 is 0 Å². The van der Waals surface area contributed by atoms with E-state index < -0.39 is 29.4 Å². The first-order chi connectivity index (χ1) is 33.2. The molecule has 358 valence electrons. The molecule has 0 radical (unpaired) electrons. The molecule has 1 saturated carbocycles. The number of aryl methyl sites for hydroxylation is 1. The van der Waals surface area contributed by atoms with Crippen LogP contribution < -0.4 is 20.9 Å². The molecule has 15 nitrogen and oxygen atoms in total. The number of aliphatic hydroxyl groups excluding tert-OH is 1. The summed E-state index contributed by atoms with van der Waals surface area (Å²) in [5, 5.41) is 20.8. The van der Waals surface area contributed by atoms with E-state index in [9.17, 15) is 33.9 Å². The molecule has 4 heterocycles. The molecular formula is C53H57N7O8S. The van der Waals surface area contributed by atoms with Crippen LogP contribution >= 0.6 is 11.3 Å². The number of amides is 5. The summed E-state index contributed by atoms with van der Waals surface area (Å²) in [4.78, 5) is 93.6. The molecular weight excluding hydrogens is 895 g/mol. The smallest absolute Gasteiger partial charge is 0.255 e. The minimum Gasteiger partial charge on any atom is -0.391 e. The van der Waals surface area contributed by atoms with Crippen LogP contribution in [0.4, 0.5) is 17.1 Å². The van der Waals surface area contributed by atoms with Gasteiger partial charge in [-0.25, -0.2) is 4.98 Å². The second-order valence-electron chi connectivity index (χ2n) is 19.6. The Labute approximate surface area is 404 Å². The third-order valence-corrected chi connectivity index (χ3v) is 15.0. The Balaban J connectivity index is 0.724. The van der Waals surface area contributed by atoms with Crippen LogP contribution in [0.25, 0.3) is 21.3 Å². The first-order valence-electron chi connectivity index (χ1n) is 23.6. The van der Waals surface area contributed by atoms with Crippen molar-refractivity contribution in [1.29, 1.82) is 0 Å². The first-order valence-corrected chi connectivity index (χ1v) is 24.5. The highest BCUT2D eigenvalue weighted by atomic mass is 32.1. The number of nitrogens with one attached hydrogen (secondary N) is 3.